The van der Waals surface area contributed by atoms with Crippen molar-refractivity contribution < 1.29 is 14.3 Å². The van der Waals surface area contributed by atoms with Crippen molar-refractivity contribution in [1.29, 1.82) is 0 Å². The fraction of sp³-hybridized carbons (Fsp3) is 0.240. The van der Waals surface area contributed by atoms with Gasteiger partial charge in [-0.05, 0) is 50.1 Å². The molecule has 164 valence electrons. The number of para-hydroxylation sites is 1. The lowest BCUT2D eigenvalue weighted by Gasteiger charge is -2.13. The Balaban J connectivity index is 1.62. The Bertz CT molecular complexity index is 1270. The number of methoxy groups -OCH3 is 2. The molecule has 1 amide bonds. The molecule has 4 rings (SSSR count). The van der Waals surface area contributed by atoms with Crippen molar-refractivity contribution in [2.24, 2.45) is 0 Å². The number of carbonyl (C=O) groups excluding carboxylic acids is 1. The number of nitrogens with one attached hydrogen (secondary N) is 1. The number of benzene rings is 2. The summed E-state index contributed by atoms with van der Waals surface area (Å²) < 4.78 is 12.7. The zero-order valence-electron chi connectivity index (χ0n) is 18.7. The molecule has 7 heteroatoms. The highest BCUT2D eigenvalue weighted by molar-refractivity contribution is 5.91. The molecule has 0 bridgehead atoms. The van der Waals surface area contributed by atoms with E-state index in [-0.39, 0.29) is 5.91 Å². The van der Waals surface area contributed by atoms with E-state index in [4.69, 9.17) is 19.6 Å². The molecule has 32 heavy (non-hydrogen) atoms. The topological polar surface area (TPSA) is 78.3 Å². The summed E-state index contributed by atoms with van der Waals surface area (Å²) in [6.07, 6.45) is 0.803. The number of hydrogen-bond donors (Lipinski definition) is 1. The smallest absolute Gasteiger partial charge is 0.224 e. The number of amides is 1. The summed E-state index contributed by atoms with van der Waals surface area (Å²) in [4.78, 5) is 17.4. The van der Waals surface area contributed by atoms with E-state index in [0.29, 0.717) is 30.2 Å². The SMILES string of the molecule is COc1cccc(NC(=O)CCc2c(OC)nc3c(c(C)nn3-c3ccccc3)c2C)c1. The van der Waals surface area contributed by atoms with Gasteiger partial charge in [0.1, 0.15) is 5.75 Å². The second-order valence-corrected chi connectivity index (χ2v) is 7.54. The lowest BCUT2D eigenvalue weighted by Crippen LogP contribution is -2.13. The van der Waals surface area contributed by atoms with Gasteiger partial charge in [-0.3, -0.25) is 4.79 Å². The van der Waals surface area contributed by atoms with Crippen molar-refractivity contribution in [2.75, 3.05) is 19.5 Å². The Labute approximate surface area is 187 Å². The molecule has 2 aromatic carbocycles. The quantitative estimate of drug-likeness (QED) is 0.463. The predicted octanol–water partition coefficient (Wildman–Crippen LogP) is 4.63. The molecule has 7 nitrogen and oxygen atoms in total. The molecule has 2 aromatic heterocycles. The van der Waals surface area contributed by atoms with E-state index in [2.05, 4.69) is 5.32 Å². The predicted molar refractivity (Wildman–Crippen MR) is 125 cm³/mol. The molecule has 0 saturated carbocycles. The van der Waals surface area contributed by atoms with Crippen molar-refractivity contribution in [3.8, 4) is 17.3 Å². The van der Waals surface area contributed by atoms with Gasteiger partial charge in [0.05, 0.1) is 25.6 Å². The van der Waals surface area contributed by atoms with Crippen LogP contribution in [0.2, 0.25) is 0 Å². The first kappa shape index (κ1) is 21.4. The molecule has 0 aliphatic rings. The Kier molecular flexibility index (Phi) is 6.07. The third-order valence-corrected chi connectivity index (χ3v) is 5.48. The van der Waals surface area contributed by atoms with Gasteiger partial charge in [0.25, 0.3) is 0 Å². The summed E-state index contributed by atoms with van der Waals surface area (Å²) in [6.45, 7) is 4.01. The van der Waals surface area contributed by atoms with Crippen LogP contribution in [0.25, 0.3) is 16.7 Å². The summed E-state index contributed by atoms with van der Waals surface area (Å²) in [5.41, 5.74) is 5.21. The first-order chi connectivity index (χ1) is 15.5. The van der Waals surface area contributed by atoms with E-state index in [1.807, 2.05) is 67.1 Å². The van der Waals surface area contributed by atoms with Gasteiger partial charge in [0.2, 0.25) is 11.8 Å². The largest absolute Gasteiger partial charge is 0.497 e. The Morgan fingerprint density at radius 3 is 2.53 bits per heavy atom. The minimum Gasteiger partial charge on any atom is -0.497 e. The second kappa shape index (κ2) is 9.09. The van der Waals surface area contributed by atoms with Gasteiger partial charge in [0, 0.05) is 29.1 Å². The van der Waals surface area contributed by atoms with Crippen LogP contribution in [-0.4, -0.2) is 34.9 Å². The number of carbonyl (C=O) groups is 1. The first-order valence-electron chi connectivity index (χ1n) is 10.4. The normalized spacial score (nSPS) is 10.9. The summed E-state index contributed by atoms with van der Waals surface area (Å²) in [6, 6.07) is 17.2. The van der Waals surface area contributed by atoms with Crippen molar-refractivity contribution in [3.05, 3.63) is 71.4 Å². The monoisotopic (exact) mass is 430 g/mol. The van der Waals surface area contributed by atoms with E-state index in [1.165, 1.54) is 0 Å². The molecular formula is C25H26N4O3. The van der Waals surface area contributed by atoms with Crippen molar-refractivity contribution in [3.63, 3.8) is 0 Å². The highest BCUT2D eigenvalue weighted by Crippen LogP contribution is 2.32. The minimum absolute atomic E-state index is 0.0866. The van der Waals surface area contributed by atoms with Crippen molar-refractivity contribution >= 4 is 22.6 Å². The number of nitrogens with zero attached hydrogens (tertiary/aromatic N) is 3. The van der Waals surface area contributed by atoms with E-state index in [9.17, 15) is 4.79 Å². The van der Waals surface area contributed by atoms with Crippen LogP contribution in [-0.2, 0) is 11.2 Å². The average Bonchev–Trinajstić information content (AvgIpc) is 3.15. The molecule has 0 radical (unpaired) electrons. The summed E-state index contributed by atoms with van der Waals surface area (Å²) in [7, 11) is 3.20. The van der Waals surface area contributed by atoms with Crippen LogP contribution in [0.3, 0.4) is 0 Å². The van der Waals surface area contributed by atoms with E-state index in [0.717, 1.165) is 33.5 Å². The van der Waals surface area contributed by atoms with Crippen LogP contribution in [0.4, 0.5) is 5.69 Å². The van der Waals surface area contributed by atoms with E-state index < -0.39 is 0 Å². The molecule has 0 aliphatic carbocycles. The summed E-state index contributed by atoms with van der Waals surface area (Å²) >= 11 is 0. The summed E-state index contributed by atoms with van der Waals surface area (Å²) in [5, 5.41) is 8.62. The van der Waals surface area contributed by atoms with Crippen molar-refractivity contribution in [1.82, 2.24) is 14.8 Å². The molecule has 0 spiro atoms. The number of fused-ring (bicyclic) bond motifs is 1. The Morgan fingerprint density at radius 2 is 1.81 bits per heavy atom. The highest BCUT2D eigenvalue weighted by Gasteiger charge is 2.20. The van der Waals surface area contributed by atoms with Gasteiger partial charge in [-0.1, -0.05) is 24.3 Å². The first-order valence-corrected chi connectivity index (χ1v) is 10.4. The van der Waals surface area contributed by atoms with E-state index in [1.54, 1.807) is 20.3 Å². The maximum atomic E-state index is 12.6. The fourth-order valence-corrected chi connectivity index (χ4v) is 3.91. The zero-order chi connectivity index (χ0) is 22.7. The maximum Gasteiger partial charge on any atom is 0.224 e. The van der Waals surface area contributed by atoms with Gasteiger partial charge in [-0.15, -0.1) is 0 Å². The van der Waals surface area contributed by atoms with Gasteiger partial charge >= 0.3 is 0 Å². The Morgan fingerprint density at radius 1 is 1.03 bits per heavy atom. The number of aryl methyl sites for hydroxylation is 2. The van der Waals surface area contributed by atoms with Crippen LogP contribution < -0.4 is 14.8 Å². The summed E-state index contributed by atoms with van der Waals surface area (Å²) in [5.74, 6) is 1.12. The third-order valence-electron chi connectivity index (χ3n) is 5.48. The number of rotatable bonds is 7. The number of pyridine rings is 1. The molecule has 0 aliphatic heterocycles. The van der Waals surface area contributed by atoms with Gasteiger partial charge in [-0.25, -0.2) is 4.68 Å². The zero-order valence-corrected chi connectivity index (χ0v) is 18.7. The molecule has 0 unspecified atom stereocenters. The van der Waals surface area contributed by atoms with Crippen LogP contribution in [0, 0.1) is 13.8 Å². The highest BCUT2D eigenvalue weighted by atomic mass is 16.5. The fourth-order valence-electron chi connectivity index (χ4n) is 3.91. The van der Waals surface area contributed by atoms with Crippen molar-refractivity contribution in [2.45, 2.75) is 26.7 Å². The van der Waals surface area contributed by atoms with E-state index >= 15 is 0 Å². The number of hydrogen-bond acceptors (Lipinski definition) is 5. The standard InChI is InChI=1S/C25H26N4O3/c1-16-21(13-14-22(30)26-18-9-8-12-20(15-18)31-3)25(32-4)27-24-23(16)17(2)28-29(24)19-10-6-5-7-11-19/h5-12,15H,13-14H2,1-4H3,(H,26,30). The number of aromatic nitrogens is 3. The molecule has 1 N–H and O–H groups in total. The van der Waals surface area contributed by atoms with Crippen LogP contribution in [0.5, 0.6) is 11.6 Å². The van der Waals surface area contributed by atoms with Crippen LogP contribution >= 0.6 is 0 Å². The number of anilines is 1. The van der Waals surface area contributed by atoms with Gasteiger partial charge in [-0.2, -0.15) is 10.1 Å². The molecule has 2 heterocycles. The minimum atomic E-state index is -0.0866. The van der Waals surface area contributed by atoms with Gasteiger partial charge < -0.3 is 14.8 Å². The average molecular weight is 431 g/mol. The molecule has 0 atom stereocenters. The van der Waals surface area contributed by atoms with Gasteiger partial charge in [0.15, 0.2) is 5.65 Å². The molecule has 0 saturated heterocycles. The Hall–Kier alpha value is -3.87. The molecular weight excluding hydrogens is 404 g/mol. The maximum absolute atomic E-state index is 12.6. The molecule has 4 aromatic rings. The van der Waals surface area contributed by atoms with Crippen LogP contribution in [0.15, 0.2) is 54.6 Å². The molecule has 0 fully saturated rings. The lowest BCUT2D eigenvalue weighted by atomic mass is 10.0. The van der Waals surface area contributed by atoms with Crippen LogP contribution in [0.1, 0.15) is 23.2 Å². The lowest BCUT2D eigenvalue weighted by molar-refractivity contribution is -0.116. The third kappa shape index (κ3) is 4.14. The number of ether oxygens (including phenoxy) is 2. The second-order valence-electron chi connectivity index (χ2n) is 7.54.